The molecule has 0 aromatic carbocycles. The van der Waals surface area contributed by atoms with Gasteiger partial charge in [-0.1, -0.05) is 6.92 Å². The van der Waals surface area contributed by atoms with Crippen molar-refractivity contribution in [2.24, 2.45) is 0 Å². The molecule has 0 saturated carbocycles. The van der Waals surface area contributed by atoms with E-state index in [-0.39, 0.29) is 22.4 Å². The average molecular weight is 319 g/mol. The van der Waals surface area contributed by atoms with E-state index in [1.54, 1.807) is 18.7 Å². The van der Waals surface area contributed by atoms with Crippen molar-refractivity contribution in [2.45, 2.75) is 24.1 Å². The predicted molar refractivity (Wildman–Crippen MR) is 75.2 cm³/mol. The van der Waals surface area contributed by atoms with E-state index in [1.165, 1.54) is 10.5 Å². The molecule has 1 aliphatic rings. The monoisotopic (exact) mass is 319 g/mol. The van der Waals surface area contributed by atoms with Gasteiger partial charge in [-0.05, 0) is 6.92 Å². The Hall–Kier alpha value is -1.06. The van der Waals surface area contributed by atoms with Crippen LogP contribution in [-0.4, -0.2) is 59.6 Å². The maximum atomic E-state index is 12.6. The van der Waals surface area contributed by atoms with Crippen LogP contribution < -0.4 is 0 Å². The molecule has 0 bridgehead atoms. The number of nitrogens with zero attached hydrogens (tertiary/aromatic N) is 2. The second kappa shape index (κ2) is 6.15. The molecule has 0 amide bonds. The van der Waals surface area contributed by atoms with Crippen LogP contribution in [0.2, 0.25) is 0 Å². The molecule has 1 unspecified atom stereocenters. The van der Waals surface area contributed by atoms with Gasteiger partial charge in [0.05, 0.1) is 12.8 Å². The molecule has 0 aliphatic carbocycles. The van der Waals surface area contributed by atoms with Gasteiger partial charge in [-0.2, -0.15) is 21.2 Å². The van der Waals surface area contributed by atoms with Crippen LogP contribution in [0.5, 0.6) is 0 Å². The molecule has 0 spiro atoms. The van der Waals surface area contributed by atoms with Gasteiger partial charge in [0.15, 0.2) is 5.03 Å². The molecule has 9 heteroatoms. The van der Waals surface area contributed by atoms with Crippen LogP contribution in [0.15, 0.2) is 11.2 Å². The summed E-state index contributed by atoms with van der Waals surface area (Å²) in [5, 5.41) is 6.12. The van der Waals surface area contributed by atoms with Crippen LogP contribution in [0.3, 0.4) is 0 Å². The van der Waals surface area contributed by atoms with E-state index in [0.717, 1.165) is 5.75 Å². The van der Waals surface area contributed by atoms with Crippen LogP contribution >= 0.6 is 11.8 Å². The number of carbonyl (C=O) groups is 1. The maximum Gasteiger partial charge on any atom is 0.342 e. The molecule has 112 valence electrons. The highest BCUT2D eigenvalue weighted by molar-refractivity contribution is 8.00. The number of hydrogen-bond acceptors (Lipinski definition) is 6. The van der Waals surface area contributed by atoms with E-state index in [9.17, 15) is 13.2 Å². The first-order chi connectivity index (χ1) is 9.46. The highest BCUT2D eigenvalue weighted by Gasteiger charge is 2.34. The van der Waals surface area contributed by atoms with Crippen molar-refractivity contribution in [3.63, 3.8) is 0 Å². The summed E-state index contributed by atoms with van der Waals surface area (Å²) in [6, 6.07) is 0. The molecule has 7 nitrogen and oxygen atoms in total. The molecule has 20 heavy (non-hydrogen) atoms. The Balaban J connectivity index is 2.30. The first-order valence-corrected chi connectivity index (χ1v) is 8.78. The smallest absolute Gasteiger partial charge is 0.342 e. The minimum absolute atomic E-state index is 0.0438. The van der Waals surface area contributed by atoms with Crippen molar-refractivity contribution in [3.8, 4) is 0 Å². The van der Waals surface area contributed by atoms with Crippen LogP contribution in [0, 0.1) is 0 Å². The van der Waals surface area contributed by atoms with Gasteiger partial charge in [0.2, 0.25) is 0 Å². The Morgan fingerprint density at radius 3 is 3.05 bits per heavy atom. The fourth-order valence-electron chi connectivity index (χ4n) is 1.96. The fraction of sp³-hybridized carbons (Fsp3) is 0.636. The topological polar surface area (TPSA) is 92.4 Å². The number of nitrogens with one attached hydrogen (secondary N) is 1. The first-order valence-electron chi connectivity index (χ1n) is 6.29. The number of H-pyrrole nitrogens is 1. The van der Waals surface area contributed by atoms with E-state index in [1.807, 2.05) is 6.92 Å². The molecule has 2 heterocycles. The van der Waals surface area contributed by atoms with Gasteiger partial charge in [0.25, 0.3) is 10.0 Å². The van der Waals surface area contributed by atoms with Crippen LogP contribution in [0.25, 0.3) is 0 Å². The Kier molecular flexibility index (Phi) is 4.71. The number of sulfonamides is 1. The molecule has 1 N–H and O–H groups in total. The van der Waals surface area contributed by atoms with Crippen molar-refractivity contribution >= 4 is 27.8 Å². The van der Waals surface area contributed by atoms with Gasteiger partial charge in [-0.3, -0.25) is 5.10 Å². The number of ether oxygens (including phenoxy) is 1. The molecular formula is C11H17N3O4S2. The Morgan fingerprint density at radius 2 is 2.40 bits per heavy atom. The van der Waals surface area contributed by atoms with Crippen molar-refractivity contribution < 1.29 is 17.9 Å². The molecule has 1 aromatic rings. The fourth-order valence-corrected chi connectivity index (χ4v) is 4.77. The molecule has 1 fully saturated rings. The molecule has 1 aliphatic heterocycles. The number of rotatable bonds is 4. The van der Waals surface area contributed by atoms with Crippen molar-refractivity contribution in [2.75, 3.05) is 25.4 Å². The van der Waals surface area contributed by atoms with Crippen LogP contribution in [-0.2, 0) is 14.8 Å². The Labute approximate surface area is 122 Å². The molecule has 2 rings (SSSR count). The third kappa shape index (κ3) is 2.99. The van der Waals surface area contributed by atoms with Gasteiger partial charge in [0, 0.05) is 24.1 Å². The van der Waals surface area contributed by atoms with Gasteiger partial charge >= 0.3 is 5.97 Å². The lowest BCUT2D eigenvalue weighted by Crippen LogP contribution is -2.41. The zero-order chi connectivity index (χ0) is 14.8. The molecule has 1 aromatic heterocycles. The first kappa shape index (κ1) is 15.3. The summed E-state index contributed by atoms with van der Waals surface area (Å²) in [5.41, 5.74) is -0.0438. The van der Waals surface area contributed by atoms with E-state index >= 15 is 0 Å². The SMILES string of the molecule is CCOC(=O)c1cn[nH]c1S(=O)(=O)N1CCSC(C)C1. The van der Waals surface area contributed by atoms with E-state index in [4.69, 9.17) is 4.74 Å². The van der Waals surface area contributed by atoms with Crippen molar-refractivity contribution in [1.82, 2.24) is 14.5 Å². The summed E-state index contributed by atoms with van der Waals surface area (Å²) >= 11 is 1.73. The number of aromatic amines is 1. The Bertz CT molecular complexity index is 584. The third-order valence-electron chi connectivity index (χ3n) is 2.90. The summed E-state index contributed by atoms with van der Waals surface area (Å²) in [6.45, 7) is 4.68. The third-order valence-corrected chi connectivity index (χ3v) is 5.88. The zero-order valence-corrected chi connectivity index (χ0v) is 13.0. The summed E-state index contributed by atoms with van der Waals surface area (Å²) in [7, 11) is -3.74. The molecule has 0 radical (unpaired) electrons. The summed E-state index contributed by atoms with van der Waals surface area (Å²) < 4.78 is 31.3. The van der Waals surface area contributed by atoms with E-state index < -0.39 is 16.0 Å². The summed E-state index contributed by atoms with van der Waals surface area (Å²) in [6.07, 6.45) is 1.19. The van der Waals surface area contributed by atoms with Gasteiger partial charge < -0.3 is 4.74 Å². The lowest BCUT2D eigenvalue weighted by atomic mass is 10.4. The van der Waals surface area contributed by atoms with Gasteiger partial charge in [-0.25, -0.2) is 13.2 Å². The quantitative estimate of drug-likeness (QED) is 0.822. The lowest BCUT2D eigenvalue weighted by Gasteiger charge is -2.29. The highest BCUT2D eigenvalue weighted by atomic mass is 32.2. The number of thioether (sulfide) groups is 1. The standard InChI is InChI=1S/C11H17N3O4S2/c1-3-18-11(15)9-6-12-13-10(9)20(16,17)14-4-5-19-8(2)7-14/h6,8H,3-5,7H2,1-2H3,(H,12,13). The maximum absolute atomic E-state index is 12.6. The minimum atomic E-state index is -3.74. The Morgan fingerprint density at radius 1 is 1.65 bits per heavy atom. The number of hydrogen-bond donors (Lipinski definition) is 1. The zero-order valence-electron chi connectivity index (χ0n) is 11.3. The number of esters is 1. The summed E-state index contributed by atoms with van der Waals surface area (Å²) in [4.78, 5) is 11.8. The second-order valence-electron chi connectivity index (χ2n) is 4.38. The second-order valence-corrected chi connectivity index (χ2v) is 7.80. The normalized spacial score (nSPS) is 20.8. The van der Waals surface area contributed by atoms with E-state index in [2.05, 4.69) is 10.2 Å². The highest BCUT2D eigenvalue weighted by Crippen LogP contribution is 2.25. The summed E-state index contributed by atoms with van der Waals surface area (Å²) in [5.74, 6) is 0.0581. The van der Waals surface area contributed by atoms with Crippen LogP contribution in [0.4, 0.5) is 0 Å². The van der Waals surface area contributed by atoms with Gasteiger partial charge in [-0.15, -0.1) is 0 Å². The number of carbonyl (C=O) groups excluding carboxylic acids is 1. The molecular weight excluding hydrogens is 302 g/mol. The van der Waals surface area contributed by atoms with Crippen LogP contribution in [0.1, 0.15) is 24.2 Å². The number of aromatic nitrogens is 2. The molecule has 1 saturated heterocycles. The lowest BCUT2D eigenvalue weighted by molar-refractivity contribution is 0.0521. The van der Waals surface area contributed by atoms with Gasteiger partial charge in [0.1, 0.15) is 5.56 Å². The van der Waals surface area contributed by atoms with Crippen molar-refractivity contribution in [1.29, 1.82) is 0 Å². The minimum Gasteiger partial charge on any atom is -0.462 e. The van der Waals surface area contributed by atoms with E-state index in [0.29, 0.717) is 13.1 Å². The predicted octanol–water partition coefficient (Wildman–Crippen LogP) is 0.712. The largest absolute Gasteiger partial charge is 0.462 e. The van der Waals surface area contributed by atoms with Crippen molar-refractivity contribution in [3.05, 3.63) is 11.8 Å². The average Bonchev–Trinajstić information content (AvgIpc) is 2.89. The molecule has 1 atom stereocenters.